The molecular formula is C12H12N2O6. The summed E-state index contributed by atoms with van der Waals surface area (Å²) in [6, 6.07) is 3.87. The Bertz CT molecular complexity index is 567. The quantitative estimate of drug-likeness (QED) is 0.447. The second-order valence-corrected chi connectivity index (χ2v) is 3.50. The predicted octanol–water partition coefficient (Wildman–Crippen LogP) is -0.197. The standard InChI is InChI=1S/C12H12N2O6/c1-20-9-6-7(2-3-8(9)15)12(19)14-13-10(16)4-5-11(17)18/h2-6,15H,1H3,(H,13,16)(H,14,19)(H,17,18). The first-order valence-corrected chi connectivity index (χ1v) is 5.32. The molecule has 8 heteroatoms. The van der Waals surface area contributed by atoms with Crippen molar-refractivity contribution in [3.63, 3.8) is 0 Å². The summed E-state index contributed by atoms with van der Waals surface area (Å²) < 4.78 is 4.83. The molecule has 0 unspecified atom stereocenters. The lowest BCUT2D eigenvalue weighted by Gasteiger charge is -2.07. The van der Waals surface area contributed by atoms with Gasteiger partial charge in [0.1, 0.15) is 0 Å². The van der Waals surface area contributed by atoms with Gasteiger partial charge in [-0.1, -0.05) is 0 Å². The first-order chi connectivity index (χ1) is 9.43. The number of phenolic OH excluding ortho intramolecular Hbond substituents is 1. The van der Waals surface area contributed by atoms with Crippen molar-refractivity contribution < 1.29 is 29.3 Å². The van der Waals surface area contributed by atoms with E-state index < -0.39 is 17.8 Å². The average molecular weight is 280 g/mol. The Kier molecular flexibility index (Phi) is 5.10. The molecule has 0 aliphatic heterocycles. The number of rotatable bonds is 4. The first-order valence-electron chi connectivity index (χ1n) is 5.32. The van der Waals surface area contributed by atoms with Crippen LogP contribution in [0.1, 0.15) is 10.4 Å². The number of aliphatic carboxylic acids is 1. The number of ether oxygens (including phenoxy) is 1. The van der Waals surface area contributed by atoms with Crippen molar-refractivity contribution in [2.24, 2.45) is 0 Å². The molecule has 0 fully saturated rings. The lowest BCUT2D eigenvalue weighted by molar-refractivity contribution is -0.131. The zero-order chi connectivity index (χ0) is 15.1. The largest absolute Gasteiger partial charge is 0.504 e. The van der Waals surface area contributed by atoms with Crippen LogP contribution in [0.5, 0.6) is 11.5 Å². The molecule has 0 atom stereocenters. The van der Waals surface area contributed by atoms with Crippen LogP contribution in [0.4, 0.5) is 0 Å². The van der Waals surface area contributed by atoms with Gasteiger partial charge in [-0.3, -0.25) is 20.4 Å². The summed E-state index contributed by atoms with van der Waals surface area (Å²) in [4.78, 5) is 33.0. The van der Waals surface area contributed by atoms with E-state index in [1.54, 1.807) is 0 Å². The van der Waals surface area contributed by atoms with Crippen LogP contribution in [0.25, 0.3) is 0 Å². The molecule has 0 aliphatic rings. The van der Waals surface area contributed by atoms with Crippen LogP contribution in [0, 0.1) is 0 Å². The molecule has 2 amide bonds. The zero-order valence-electron chi connectivity index (χ0n) is 10.4. The highest BCUT2D eigenvalue weighted by Gasteiger charge is 2.10. The smallest absolute Gasteiger partial charge is 0.328 e. The van der Waals surface area contributed by atoms with Crippen LogP contribution in [-0.4, -0.2) is 35.1 Å². The third-order valence-corrected chi connectivity index (χ3v) is 2.12. The number of aromatic hydroxyl groups is 1. The van der Waals surface area contributed by atoms with Crippen LogP contribution in [0.3, 0.4) is 0 Å². The number of hydrogen-bond donors (Lipinski definition) is 4. The number of hydrogen-bond acceptors (Lipinski definition) is 5. The molecule has 0 saturated carbocycles. The topological polar surface area (TPSA) is 125 Å². The molecule has 0 aliphatic carbocycles. The van der Waals surface area contributed by atoms with Crippen LogP contribution in [0.2, 0.25) is 0 Å². The molecule has 0 bridgehead atoms. The van der Waals surface area contributed by atoms with Crippen LogP contribution < -0.4 is 15.6 Å². The van der Waals surface area contributed by atoms with Gasteiger partial charge in [0.15, 0.2) is 11.5 Å². The molecular weight excluding hydrogens is 268 g/mol. The number of nitrogens with one attached hydrogen (secondary N) is 2. The van der Waals surface area contributed by atoms with Crippen molar-refractivity contribution in [1.82, 2.24) is 10.9 Å². The third kappa shape index (κ3) is 4.33. The maximum atomic E-state index is 11.7. The maximum absolute atomic E-state index is 11.7. The molecule has 4 N–H and O–H groups in total. The van der Waals surface area contributed by atoms with Crippen molar-refractivity contribution in [3.05, 3.63) is 35.9 Å². The van der Waals surface area contributed by atoms with E-state index in [1.807, 2.05) is 5.43 Å². The summed E-state index contributed by atoms with van der Waals surface area (Å²) in [6.45, 7) is 0. The number of benzene rings is 1. The normalized spacial score (nSPS) is 10.1. The van der Waals surface area contributed by atoms with E-state index in [9.17, 15) is 19.5 Å². The van der Waals surface area contributed by atoms with Crippen LogP contribution in [0.15, 0.2) is 30.4 Å². The van der Waals surface area contributed by atoms with Crippen molar-refractivity contribution in [2.45, 2.75) is 0 Å². The summed E-state index contributed by atoms with van der Waals surface area (Å²) in [5.41, 5.74) is 4.21. The van der Waals surface area contributed by atoms with Crippen LogP contribution >= 0.6 is 0 Å². The number of hydrazine groups is 1. The fraction of sp³-hybridized carbons (Fsp3) is 0.0833. The summed E-state index contributed by atoms with van der Waals surface area (Å²) in [7, 11) is 1.33. The summed E-state index contributed by atoms with van der Waals surface area (Å²) in [6.07, 6.45) is 1.38. The van der Waals surface area contributed by atoms with Gasteiger partial charge in [0.05, 0.1) is 7.11 Å². The third-order valence-electron chi connectivity index (χ3n) is 2.12. The van der Waals surface area contributed by atoms with Gasteiger partial charge in [-0.2, -0.15) is 0 Å². The predicted molar refractivity (Wildman–Crippen MR) is 67.0 cm³/mol. The van der Waals surface area contributed by atoms with E-state index in [4.69, 9.17) is 9.84 Å². The van der Waals surface area contributed by atoms with Gasteiger partial charge in [0, 0.05) is 17.7 Å². The van der Waals surface area contributed by atoms with Gasteiger partial charge >= 0.3 is 5.97 Å². The monoisotopic (exact) mass is 280 g/mol. The minimum absolute atomic E-state index is 0.106. The van der Waals surface area contributed by atoms with E-state index in [1.165, 1.54) is 25.3 Å². The molecule has 0 heterocycles. The number of amides is 2. The molecule has 0 saturated heterocycles. The number of carbonyl (C=O) groups excluding carboxylic acids is 2. The molecule has 1 aromatic rings. The second-order valence-electron chi connectivity index (χ2n) is 3.50. The minimum atomic E-state index is -1.28. The van der Waals surface area contributed by atoms with Gasteiger partial charge in [0.25, 0.3) is 11.8 Å². The number of carboxylic acid groups (broad SMARTS) is 1. The van der Waals surface area contributed by atoms with Gasteiger partial charge in [-0.25, -0.2) is 4.79 Å². The Morgan fingerprint density at radius 2 is 1.90 bits per heavy atom. The van der Waals surface area contributed by atoms with E-state index in [0.717, 1.165) is 6.08 Å². The highest BCUT2D eigenvalue weighted by Crippen LogP contribution is 2.25. The molecule has 0 radical (unpaired) electrons. The average Bonchev–Trinajstić information content (AvgIpc) is 2.42. The van der Waals surface area contributed by atoms with Gasteiger partial charge < -0.3 is 14.9 Å². The zero-order valence-corrected chi connectivity index (χ0v) is 10.4. The number of carboxylic acids is 1. The molecule has 1 rings (SSSR count). The Morgan fingerprint density at radius 3 is 2.50 bits per heavy atom. The highest BCUT2D eigenvalue weighted by atomic mass is 16.5. The van der Waals surface area contributed by atoms with Crippen molar-refractivity contribution >= 4 is 17.8 Å². The van der Waals surface area contributed by atoms with E-state index in [-0.39, 0.29) is 17.1 Å². The lowest BCUT2D eigenvalue weighted by Crippen LogP contribution is -2.40. The Hall–Kier alpha value is -3.03. The van der Waals surface area contributed by atoms with E-state index >= 15 is 0 Å². The second kappa shape index (κ2) is 6.78. The first kappa shape index (κ1) is 15.0. The molecule has 8 nitrogen and oxygen atoms in total. The Morgan fingerprint density at radius 1 is 1.20 bits per heavy atom. The van der Waals surface area contributed by atoms with Crippen LogP contribution in [-0.2, 0) is 9.59 Å². The molecule has 0 spiro atoms. The SMILES string of the molecule is COc1cc(C(=O)NNC(=O)C=CC(=O)O)ccc1O. The van der Waals surface area contributed by atoms with Gasteiger partial charge in [-0.15, -0.1) is 0 Å². The molecule has 20 heavy (non-hydrogen) atoms. The van der Waals surface area contributed by atoms with Crippen molar-refractivity contribution in [3.8, 4) is 11.5 Å². The number of methoxy groups -OCH3 is 1. The van der Waals surface area contributed by atoms with Crippen molar-refractivity contribution in [1.29, 1.82) is 0 Å². The highest BCUT2D eigenvalue weighted by molar-refractivity contribution is 5.98. The lowest BCUT2D eigenvalue weighted by atomic mass is 10.2. The van der Waals surface area contributed by atoms with Crippen molar-refractivity contribution in [2.75, 3.05) is 7.11 Å². The maximum Gasteiger partial charge on any atom is 0.328 e. The number of phenols is 1. The summed E-state index contributed by atoms with van der Waals surface area (Å²) >= 11 is 0. The Balaban J connectivity index is 2.63. The summed E-state index contributed by atoms with van der Waals surface area (Å²) in [5.74, 6) is -2.76. The molecule has 1 aromatic carbocycles. The van der Waals surface area contributed by atoms with E-state index in [0.29, 0.717) is 6.08 Å². The fourth-order valence-electron chi connectivity index (χ4n) is 1.20. The number of carbonyl (C=O) groups is 3. The summed E-state index contributed by atoms with van der Waals surface area (Å²) in [5, 5.41) is 17.7. The fourth-order valence-corrected chi connectivity index (χ4v) is 1.20. The molecule has 0 aromatic heterocycles. The molecule has 106 valence electrons. The van der Waals surface area contributed by atoms with Gasteiger partial charge in [-0.05, 0) is 18.2 Å². The van der Waals surface area contributed by atoms with E-state index in [2.05, 4.69) is 5.43 Å². The minimum Gasteiger partial charge on any atom is -0.504 e. The van der Waals surface area contributed by atoms with Gasteiger partial charge in [0.2, 0.25) is 0 Å². The Labute approximate surface area is 113 Å².